The smallest absolute Gasteiger partial charge is 0.315 e. The Hall–Kier alpha value is -4.37. The van der Waals surface area contributed by atoms with Gasteiger partial charge in [0.15, 0.2) is 0 Å². The second-order valence-corrected chi connectivity index (χ2v) is 8.84. The Morgan fingerprint density at radius 3 is 2.11 bits per heavy atom. The van der Waals surface area contributed by atoms with Crippen LogP contribution in [0.15, 0.2) is 78.9 Å². The lowest BCUT2D eigenvalue weighted by Gasteiger charge is -2.18. The summed E-state index contributed by atoms with van der Waals surface area (Å²) in [5, 5.41) is 20.2. The fraction of sp³-hybridized carbons (Fsp3) is 0.214. The molecule has 198 valence electrons. The molecule has 0 fully saturated rings. The quantitative estimate of drug-likeness (QED) is 0.241. The van der Waals surface area contributed by atoms with Gasteiger partial charge in [-0.3, -0.25) is 14.4 Å². The topological polar surface area (TPSA) is 137 Å². The molecule has 5 N–H and O–H groups in total. The van der Waals surface area contributed by atoms with Gasteiger partial charge in [0.2, 0.25) is 11.8 Å². The van der Waals surface area contributed by atoms with Gasteiger partial charge in [-0.15, -0.1) is 0 Å². The highest BCUT2D eigenvalue weighted by atomic mass is 35.5. The highest BCUT2D eigenvalue weighted by molar-refractivity contribution is 6.31. The second kappa shape index (κ2) is 14.4. The third kappa shape index (κ3) is 9.25. The molecule has 0 bridgehead atoms. The summed E-state index contributed by atoms with van der Waals surface area (Å²) < 4.78 is 0. The molecule has 3 aromatic rings. The molecule has 38 heavy (non-hydrogen) atoms. The zero-order valence-electron chi connectivity index (χ0n) is 20.6. The second-order valence-electron chi connectivity index (χ2n) is 8.43. The van der Waals surface area contributed by atoms with Crippen LogP contribution in [0.2, 0.25) is 5.02 Å². The SMILES string of the molecule is O=C(O)CC(NC(=O)CNC(=O)CCNC(=O)NCc1ccccc1Cl)c1ccc(-c2ccccc2)cc1. The lowest BCUT2D eigenvalue weighted by molar-refractivity contribution is -0.138. The summed E-state index contributed by atoms with van der Waals surface area (Å²) >= 11 is 6.05. The molecule has 10 heteroatoms. The van der Waals surface area contributed by atoms with E-state index in [9.17, 15) is 24.3 Å². The number of amides is 4. The van der Waals surface area contributed by atoms with Gasteiger partial charge in [0, 0.05) is 24.5 Å². The molecule has 9 nitrogen and oxygen atoms in total. The number of carboxylic acid groups (broad SMARTS) is 1. The van der Waals surface area contributed by atoms with Gasteiger partial charge in [-0.1, -0.05) is 84.4 Å². The molecule has 0 aromatic heterocycles. The Morgan fingerprint density at radius 1 is 0.763 bits per heavy atom. The highest BCUT2D eigenvalue weighted by Crippen LogP contribution is 2.23. The van der Waals surface area contributed by atoms with E-state index in [-0.39, 0.29) is 32.5 Å². The fourth-order valence-corrected chi connectivity index (χ4v) is 3.85. The molecule has 0 spiro atoms. The fourth-order valence-electron chi connectivity index (χ4n) is 3.65. The number of nitrogens with one attached hydrogen (secondary N) is 4. The van der Waals surface area contributed by atoms with Crippen molar-refractivity contribution in [1.82, 2.24) is 21.3 Å². The summed E-state index contributed by atoms with van der Waals surface area (Å²) in [6.45, 7) is -0.0165. The van der Waals surface area contributed by atoms with Gasteiger partial charge >= 0.3 is 12.0 Å². The Bertz CT molecular complexity index is 1250. The first kappa shape index (κ1) is 28.2. The van der Waals surface area contributed by atoms with Gasteiger partial charge in [0.05, 0.1) is 19.0 Å². The number of urea groups is 1. The first-order valence-corrected chi connectivity index (χ1v) is 12.4. The van der Waals surface area contributed by atoms with Crippen molar-refractivity contribution in [2.45, 2.75) is 25.4 Å². The molecule has 4 amide bonds. The van der Waals surface area contributed by atoms with Gasteiger partial charge in [0.1, 0.15) is 0 Å². The van der Waals surface area contributed by atoms with Crippen LogP contribution in [0.1, 0.15) is 30.0 Å². The zero-order chi connectivity index (χ0) is 27.3. The van der Waals surface area contributed by atoms with Crippen molar-refractivity contribution in [2.24, 2.45) is 0 Å². The van der Waals surface area contributed by atoms with Gasteiger partial charge in [-0.25, -0.2) is 4.79 Å². The molecular weight excluding hydrogens is 508 g/mol. The number of hydrogen-bond donors (Lipinski definition) is 5. The Balaban J connectivity index is 1.41. The Morgan fingerprint density at radius 2 is 1.42 bits per heavy atom. The first-order valence-electron chi connectivity index (χ1n) is 12.0. The van der Waals surface area contributed by atoms with Crippen LogP contribution in [0.5, 0.6) is 0 Å². The van der Waals surface area contributed by atoms with Gasteiger partial charge < -0.3 is 26.4 Å². The van der Waals surface area contributed by atoms with Gasteiger partial charge in [-0.2, -0.15) is 0 Å². The van der Waals surface area contributed by atoms with Crippen molar-refractivity contribution >= 4 is 35.4 Å². The molecule has 1 atom stereocenters. The molecule has 0 saturated carbocycles. The van der Waals surface area contributed by atoms with Crippen molar-refractivity contribution < 1.29 is 24.3 Å². The zero-order valence-corrected chi connectivity index (χ0v) is 21.3. The predicted octanol–water partition coefficient (Wildman–Crippen LogP) is 3.64. The van der Waals surface area contributed by atoms with Crippen molar-refractivity contribution in [2.75, 3.05) is 13.1 Å². The van der Waals surface area contributed by atoms with E-state index in [0.29, 0.717) is 10.6 Å². The van der Waals surface area contributed by atoms with E-state index in [0.717, 1.165) is 16.7 Å². The normalized spacial score (nSPS) is 11.2. The van der Waals surface area contributed by atoms with Crippen LogP contribution in [0.25, 0.3) is 11.1 Å². The summed E-state index contributed by atoms with van der Waals surface area (Å²) in [6, 6.07) is 22.9. The van der Waals surface area contributed by atoms with Crippen LogP contribution >= 0.6 is 11.6 Å². The van der Waals surface area contributed by atoms with Crippen LogP contribution in [-0.4, -0.2) is 42.0 Å². The number of benzene rings is 3. The monoisotopic (exact) mass is 536 g/mol. The summed E-state index contributed by atoms with van der Waals surface area (Å²) in [5.74, 6) is -2.03. The lowest BCUT2D eigenvalue weighted by atomic mass is 9.99. The lowest BCUT2D eigenvalue weighted by Crippen LogP contribution is -2.41. The number of halogens is 1. The van der Waals surface area contributed by atoms with Crippen molar-refractivity contribution in [3.8, 4) is 11.1 Å². The van der Waals surface area contributed by atoms with E-state index in [1.165, 1.54) is 0 Å². The molecule has 0 saturated heterocycles. The largest absolute Gasteiger partial charge is 0.481 e. The minimum atomic E-state index is -1.06. The molecule has 1 unspecified atom stereocenters. The van der Waals surface area contributed by atoms with Crippen LogP contribution in [0, 0.1) is 0 Å². The van der Waals surface area contributed by atoms with Crippen LogP contribution in [0.3, 0.4) is 0 Å². The van der Waals surface area contributed by atoms with E-state index >= 15 is 0 Å². The third-order valence-electron chi connectivity index (χ3n) is 5.62. The summed E-state index contributed by atoms with van der Waals surface area (Å²) in [5.41, 5.74) is 3.39. The molecule has 0 heterocycles. The Kier molecular flexibility index (Phi) is 10.7. The predicted molar refractivity (Wildman–Crippen MR) is 144 cm³/mol. The first-order chi connectivity index (χ1) is 18.3. The Labute approximate surface area is 225 Å². The van der Waals surface area contributed by atoms with Crippen LogP contribution in [0.4, 0.5) is 4.79 Å². The van der Waals surface area contributed by atoms with E-state index in [1.807, 2.05) is 48.5 Å². The van der Waals surface area contributed by atoms with Crippen molar-refractivity contribution in [3.63, 3.8) is 0 Å². The maximum atomic E-state index is 12.4. The van der Waals surface area contributed by atoms with E-state index in [4.69, 9.17) is 11.6 Å². The van der Waals surface area contributed by atoms with Crippen LogP contribution in [-0.2, 0) is 20.9 Å². The number of hydrogen-bond acceptors (Lipinski definition) is 4. The van der Waals surface area contributed by atoms with Crippen molar-refractivity contribution in [3.05, 3.63) is 95.0 Å². The van der Waals surface area contributed by atoms with E-state index < -0.39 is 29.9 Å². The molecule has 0 radical (unpaired) electrons. The molecule has 3 rings (SSSR count). The number of carboxylic acids is 1. The minimum Gasteiger partial charge on any atom is -0.481 e. The summed E-state index contributed by atoms with van der Waals surface area (Å²) in [6.07, 6.45) is -0.343. The molecule has 3 aromatic carbocycles. The summed E-state index contributed by atoms with van der Waals surface area (Å²) in [7, 11) is 0. The van der Waals surface area contributed by atoms with Gasteiger partial charge in [0.25, 0.3) is 0 Å². The molecule has 0 aliphatic carbocycles. The number of aliphatic carboxylic acids is 1. The van der Waals surface area contributed by atoms with Gasteiger partial charge in [-0.05, 0) is 28.3 Å². The van der Waals surface area contributed by atoms with Crippen LogP contribution < -0.4 is 21.3 Å². The number of carbonyl (C=O) groups excluding carboxylic acids is 3. The average molecular weight is 537 g/mol. The van der Waals surface area contributed by atoms with Crippen molar-refractivity contribution in [1.29, 1.82) is 0 Å². The van der Waals surface area contributed by atoms with E-state index in [1.54, 1.807) is 30.3 Å². The minimum absolute atomic E-state index is 0.0354. The molecular formula is C28H29ClN4O5. The average Bonchev–Trinajstić information content (AvgIpc) is 2.91. The third-order valence-corrected chi connectivity index (χ3v) is 5.98. The standard InChI is InChI=1S/C28H29ClN4O5/c29-23-9-5-4-8-22(23)17-32-28(38)30-15-14-25(34)31-18-26(35)33-24(16-27(36)37)21-12-10-20(11-13-21)19-6-2-1-3-7-19/h1-13,24H,14-18H2,(H,31,34)(H,33,35)(H,36,37)(H2,30,32,38). The highest BCUT2D eigenvalue weighted by Gasteiger charge is 2.18. The number of rotatable bonds is 12. The summed E-state index contributed by atoms with van der Waals surface area (Å²) in [4.78, 5) is 47.8. The number of carbonyl (C=O) groups is 4. The molecule has 0 aliphatic rings. The maximum absolute atomic E-state index is 12.4. The van der Waals surface area contributed by atoms with E-state index in [2.05, 4.69) is 21.3 Å². The maximum Gasteiger partial charge on any atom is 0.315 e. The molecule has 0 aliphatic heterocycles.